The molecule has 2 aromatic rings. The Kier molecular flexibility index (Phi) is 5.79. The zero-order valence-corrected chi connectivity index (χ0v) is 13.6. The molecular weight excluding hydrogens is 294 g/mol. The van der Waals surface area contributed by atoms with Crippen molar-refractivity contribution in [3.8, 4) is 0 Å². The third kappa shape index (κ3) is 4.47. The summed E-state index contributed by atoms with van der Waals surface area (Å²) in [5.74, 6) is 0.268. The SMILES string of the molecule is CC[C@@H](C)c1ccccc1NC(=O)/C=C/c1cccc(Cl)c1. The van der Waals surface area contributed by atoms with Crippen molar-refractivity contribution in [3.05, 3.63) is 70.8 Å². The molecule has 0 aromatic heterocycles. The van der Waals surface area contributed by atoms with Gasteiger partial charge in [-0.2, -0.15) is 0 Å². The maximum absolute atomic E-state index is 12.1. The molecule has 1 atom stereocenters. The third-order valence-electron chi connectivity index (χ3n) is 3.64. The van der Waals surface area contributed by atoms with Crippen molar-refractivity contribution in [2.24, 2.45) is 0 Å². The number of para-hydroxylation sites is 1. The Hall–Kier alpha value is -2.06. The molecule has 22 heavy (non-hydrogen) atoms. The van der Waals surface area contributed by atoms with E-state index in [0.717, 1.165) is 23.2 Å². The lowest BCUT2D eigenvalue weighted by Crippen LogP contribution is -2.10. The van der Waals surface area contributed by atoms with Crippen LogP contribution in [0.1, 0.15) is 37.3 Å². The van der Waals surface area contributed by atoms with Gasteiger partial charge >= 0.3 is 0 Å². The molecule has 0 radical (unpaired) electrons. The molecule has 0 unspecified atom stereocenters. The van der Waals surface area contributed by atoms with Crippen LogP contribution in [-0.4, -0.2) is 5.91 Å². The second kappa shape index (κ2) is 7.81. The molecule has 0 saturated heterocycles. The van der Waals surface area contributed by atoms with Gasteiger partial charge in [0, 0.05) is 16.8 Å². The fourth-order valence-corrected chi connectivity index (χ4v) is 2.42. The molecular formula is C19H20ClNO. The monoisotopic (exact) mass is 313 g/mol. The van der Waals surface area contributed by atoms with Crippen LogP contribution >= 0.6 is 11.6 Å². The zero-order valence-electron chi connectivity index (χ0n) is 12.8. The van der Waals surface area contributed by atoms with Crippen LogP contribution in [0, 0.1) is 0 Å². The molecule has 1 amide bonds. The van der Waals surface area contributed by atoms with E-state index in [0.29, 0.717) is 10.9 Å². The Balaban J connectivity index is 2.09. The number of amides is 1. The van der Waals surface area contributed by atoms with E-state index in [9.17, 15) is 4.79 Å². The fourth-order valence-electron chi connectivity index (χ4n) is 2.22. The summed E-state index contributed by atoms with van der Waals surface area (Å²) in [4.78, 5) is 12.1. The molecule has 0 fully saturated rings. The van der Waals surface area contributed by atoms with Gasteiger partial charge in [-0.3, -0.25) is 4.79 Å². The summed E-state index contributed by atoms with van der Waals surface area (Å²) in [7, 11) is 0. The predicted octanol–water partition coefficient (Wildman–Crippen LogP) is 5.51. The van der Waals surface area contributed by atoms with Gasteiger partial charge in [-0.25, -0.2) is 0 Å². The fraction of sp³-hybridized carbons (Fsp3) is 0.211. The van der Waals surface area contributed by atoms with E-state index < -0.39 is 0 Å². The summed E-state index contributed by atoms with van der Waals surface area (Å²) in [6, 6.07) is 15.3. The molecule has 0 bridgehead atoms. The highest BCUT2D eigenvalue weighted by molar-refractivity contribution is 6.30. The van der Waals surface area contributed by atoms with Crippen LogP contribution in [0.3, 0.4) is 0 Å². The van der Waals surface area contributed by atoms with E-state index in [1.165, 1.54) is 6.08 Å². The Morgan fingerprint density at radius 3 is 2.73 bits per heavy atom. The van der Waals surface area contributed by atoms with Gasteiger partial charge in [0.2, 0.25) is 5.91 Å². The Morgan fingerprint density at radius 2 is 2.00 bits per heavy atom. The highest BCUT2D eigenvalue weighted by Gasteiger charge is 2.09. The molecule has 0 saturated carbocycles. The zero-order chi connectivity index (χ0) is 15.9. The molecule has 1 N–H and O–H groups in total. The van der Waals surface area contributed by atoms with Crippen molar-refractivity contribution in [2.75, 3.05) is 5.32 Å². The molecule has 0 aliphatic carbocycles. The van der Waals surface area contributed by atoms with Gasteiger partial charge in [0.25, 0.3) is 0 Å². The van der Waals surface area contributed by atoms with Crippen molar-refractivity contribution in [2.45, 2.75) is 26.2 Å². The summed E-state index contributed by atoms with van der Waals surface area (Å²) >= 11 is 5.93. The number of anilines is 1. The van der Waals surface area contributed by atoms with Gasteiger partial charge in [0.1, 0.15) is 0 Å². The second-order valence-electron chi connectivity index (χ2n) is 5.27. The minimum atomic E-state index is -0.143. The molecule has 0 heterocycles. The van der Waals surface area contributed by atoms with E-state index in [1.807, 2.05) is 36.4 Å². The minimum Gasteiger partial charge on any atom is -0.322 e. The number of halogens is 1. The smallest absolute Gasteiger partial charge is 0.248 e. The topological polar surface area (TPSA) is 29.1 Å². The lowest BCUT2D eigenvalue weighted by atomic mass is 9.97. The standard InChI is InChI=1S/C19H20ClNO/c1-3-14(2)17-9-4-5-10-18(17)21-19(22)12-11-15-7-6-8-16(20)13-15/h4-14H,3H2,1-2H3,(H,21,22)/b12-11+/t14-/m1/s1. The van der Waals surface area contributed by atoms with E-state index in [4.69, 9.17) is 11.6 Å². The summed E-state index contributed by atoms with van der Waals surface area (Å²) in [6.07, 6.45) is 4.32. The number of carbonyl (C=O) groups is 1. The second-order valence-corrected chi connectivity index (χ2v) is 5.71. The van der Waals surface area contributed by atoms with E-state index >= 15 is 0 Å². The van der Waals surface area contributed by atoms with Crippen molar-refractivity contribution in [3.63, 3.8) is 0 Å². The number of carbonyl (C=O) groups excluding carboxylic acids is 1. The minimum absolute atomic E-state index is 0.143. The van der Waals surface area contributed by atoms with Gasteiger partial charge in [0.15, 0.2) is 0 Å². The van der Waals surface area contributed by atoms with Crippen LogP contribution in [0.5, 0.6) is 0 Å². The Labute approximate surface area is 136 Å². The van der Waals surface area contributed by atoms with Gasteiger partial charge in [0.05, 0.1) is 0 Å². The van der Waals surface area contributed by atoms with Crippen molar-refractivity contribution >= 4 is 29.3 Å². The summed E-state index contributed by atoms with van der Waals surface area (Å²) in [6.45, 7) is 4.30. The summed E-state index contributed by atoms with van der Waals surface area (Å²) in [5.41, 5.74) is 2.94. The number of hydrogen-bond acceptors (Lipinski definition) is 1. The van der Waals surface area contributed by atoms with Gasteiger partial charge in [-0.15, -0.1) is 0 Å². The molecule has 2 nitrogen and oxygen atoms in total. The molecule has 0 aliphatic rings. The number of nitrogens with one attached hydrogen (secondary N) is 1. The number of hydrogen-bond donors (Lipinski definition) is 1. The molecule has 2 rings (SSSR count). The van der Waals surface area contributed by atoms with Crippen LogP contribution in [-0.2, 0) is 4.79 Å². The van der Waals surface area contributed by atoms with Gasteiger partial charge < -0.3 is 5.32 Å². The first kappa shape index (κ1) is 16.3. The molecule has 114 valence electrons. The molecule has 0 spiro atoms. The maximum atomic E-state index is 12.1. The average molecular weight is 314 g/mol. The van der Waals surface area contributed by atoms with Crippen molar-refractivity contribution in [1.82, 2.24) is 0 Å². The van der Waals surface area contributed by atoms with E-state index in [1.54, 1.807) is 12.1 Å². The molecule has 2 aromatic carbocycles. The highest BCUT2D eigenvalue weighted by Crippen LogP contribution is 2.26. The van der Waals surface area contributed by atoms with Crippen LogP contribution in [0.4, 0.5) is 5.69 Å². The van der Waals surface area contributed by atoms with Gasteiger partial charge in [-0.1, -0.05) is 55.8 Å². The quantitative estimate of drug-likeness (QED) is 0.725. The maximum Gasteiger partial charge on any atom is 0.248 e. The van der Waals surface area contributed by atoms with E-state index in [2.05, 4.69) is 25.2 Å². The predicted molar refractivity (Wildman–Crippen MR) is 94.3 cm³/mol. The lowest BCUT2D eigenvalue weighted by Gasteiger charge is -2.14. The van der Waals surface area contributed by atoms with Crippen molar-refractivity contribution in [1.29, 1.82) is 0 Å². The average Bonchev–Trinajstić information content (AvgIpc) is 2.53. The number of benzene rings is 2. The lowest BCUT2D eigenvalue weighted by molar-refractivity contribution is -0.111. The molecule has 3 heteroatoms. The third-order valence-corrected chi connectivity index (χ3v) is 3.87. The molecule has 0 aliphatic heterocycles. The summed E-state index contributed by atoms with van der Waals surface area (Å²) < 4.78 is 0. The van der Waals surface area contributed by atoms with Crippen molar-refractivity contribution < 1.29 is 4.79 Å². The summed E-state index contributed by atoms with van der Waals surface area (Å²) in [5, 5.41) is 3.61. The van der Waals surface area contributed by atoms with Crippen LogP contribution in [0.2, 0.25) is 5.02 Å². The van der Waals surface area contributed by atoms with Crippen LogP contribution < -0.4 is 5.32 Å². The van der Waals surface area contributed by atoms with Crippen LogP contribution in [0.25, 0.3) is 6.08 Å². The van der Waals surface area contributed by atoms with E-state index in [-0.39, 0.29) is 5.91 Å². The normalized spacial score (nSPS) is 12.3. The highest BCUT2D eigenvalue weighted by atomic mass is 35.5. The Bertz CT molecular complexity index is 679. The van der Waals surface area contributed by atoms with Crippen LogP contribution in [0.15, 0.2) is 54.6 Å². The first-order valence-corrected chi connectivity index (χ1v) is 7.81. The number of rotatable bonds is 5. The van der Waals surface area contributed by atoms with Gasteiger partial charge in [-0.05, 0) is 47.7 Å². The largest absolute Gasteiger partial charge is 0.322 e. The Morgan fingerprint density at radius 1 is 1.23 bits per heavy atom. The first-order chi connectivity index (χ1) is 10.6. The first-order valence-electron chi connectivity index (χ1n) is 7.43.